The first kappa shape index (κ1) is 23.1. The molecule has 0 aliphatic heterocycles. The van der Waals surface area contributed by atoms with Crippen molar-refractivity contribution in [3.8, 4) is 0 Å². The number of hydrogen-bond acceptors (Lipinski definition) is 5. The molecule has 1 aromatic heterocycles. The van der Waals surface area contributed by atoms with Gasteiger partial charge in [0.1, 0.15) is 6.33 Å². The van der Waals surface area contributed by atoms with Gasteiger partial charge in [-0.2, -0.15) is 0 Å². The van der Waals surface area contributed by atoms with E-state index in [0.717, 1.165) is 11.1 Å². The van der Waals surface area contributed by atoms with E-state index < -0.39 is 18.3 Å². The monoisotopic (exact) mass is 454 g/mol. The minimum Gasteiger partial charge on any atom is -0.438 e. The number of ether oxygens (including phenoxy) is 2. The van der Waals surface area contributed by atoms with Gasteiger partial charge in [0.25, 0.3) is 0 Å². The van der Waals surface area contributed by atoms with Crippen LogP contribution in [0.4, 0.5) is 4.79 Å². The predicted octanol–water partition coefficient (Wildman–Crippen LogP) is 5.86. The number of benzene rings is 3. The Bertz CT molecular complexity index is 1160. The van der Waals surface area contributed by atoms with Crippen LogP contribution in [0.5, 0.6) is 0 Å². The maximum atomic E-state index is 12.8. The quantitative estimate of drug-likeness (QED) is 0.281. The Morgan fingerprint density at radius 2 is 1.50 bits per heavy atom. The SMILES string of the molecule is O=C(CC[C@@H](OCc1ccccc1)[C@H](OC(=O)n1ccnc1)c1ccccc1)c1ccccc1. The standard InChI is InChI=1S/C28H26N2O4/c31-25(23-12-6-2-7-13-23)16-17-26(33-20-22-10-4-1-5-11-22)27(24-14-8-3-9-15-24)34-28(32)30-19-18-29-21-30/h1-15,18-19,21,26-27H,16-17,20H2/t26-,27-/m1/s1. The molecule has 172 valence electrons. The molecule has 4 rings (SSSR count). The van der Waals surface area contributed by atoms with Crippen molar-refractivity contribution in [3.63, 3.8) is 0 Å². The second-order valence-corrected chi connectivity index (χ2v) is 7.85. The molecule has 34 heavy (non-hydrogen) atoms. The van der Waals surface area contributed by atoms with E-state index >= 15 is 0 Å². The summed E-state index contributed by atoms with van der Waals surface area (Å²) < 4.78 is 13.5. The van der Waals surface area contributed by atoms with Gasteiger partial charge in [-0.1, -0.05) is 91.0 Å². The molecule has 0 N–H and O–H groups in total. The molecule has 0 amide bonds. The van der Waals surface area contributed by atoms with E-state index in [9.17, 15) is 9.59 Å². The molecule has 0 spiro atoms. The van der Waals surface area contributed by atoms with Gasteiger partial charge in [0.15, 0.2) is 11.9 Å². The van der Waals surface area contributed by atoms with Crippen molar-refractivity contribution in [2.45, 2.75) is 31.7 Å². The maximum Gasteiger partial charge on any atom is 0.419 e. The Morgan fingerprint density at radius 1 is 0.853 bits per heavy atom. The molecule has 2 atom stereocenters. The lowest BCUT2D eigenvalue weighted by Crippen LogP contribution is -2.29. The lowest BCUT2D eigenvalue weighted by molar-refractivity contribution is -0.0568. The van der Waals surface area contributed by atoms with Gasteiger partial charge in [0.2, 0.25) is 0 Å². The van der Waals surface area contributed by atoms with Crippen molar-refractivity contribution >= 4 is 11.9 Å². The number of rotatable bonds is 10. The molecule has 0 unspecified atom stereocenters. The third kappa shape index (κ3) is 6.27. The molecule has 6 heteroatoms. The van der Waals surface area contributed by atoms with E-state index in [1.165, 1.54) is 23.3 Å². The number of ketones is 1. The number of Topliss-reactive ketones (excluding diaryl/α,β-unsaturated/α-hetero) is 1. The Balaban J connectivity index is 1.57. The Kier molecular flexibility index (Phi) is 7.98. The van der Waals surface area contributed by atoms with Crippen LogP contribution in [-0.2, 0) is 16.1 Å². The third-order valence-corrected chi connectivity index (χ3v) is 5.47. The number of nitrogens with zero attached hydrogens (tertiary/aromatic N) is 2. The predicted molar refractivity (Wildman–Crippen MR) is 128 cm³/mol. The highest BCUT2D eigenvalue weighted by atomic mass is 16.6. The van der Waals surface area contributed by atoms with Crippen LogP contribution in [0.25, 0.3) is 0 Å². The molecule has 0 aliphatic carbocycles. The smallest absolute Gasteiger partial charge is 0.419 e. The third-order valence-electron chi connectivity index (χ3n) is 5.47. The molecule has 1 heterocycles. The molecule has 6 nitrogen and oxygen atoms in total. The van der Waals surface area contributed by atoms with Crippen LogP contribution < -0.4 is 0 Å². The molecular formula is C28H26N2O4. The summed E-state index contributed by atoms with van der Waals surface area (Å²) in [6, 6.07) is 28.4. The summed E-state index contributed by atoms with van der Waals surface area (Å²) in [6.45, 7) is 0.330. The van der Waals surface area contributed by atoms with Crippen molar-refractivity contribution in [1.82, 2.24) is 9.55 Å². The van der Waals surface area contributed by atoms with Crippen molar-refractivity contribution < 1.29 is 19.1 Å². The maximum absolute atomic E-state index is 12.8. The molecule has 4 aromatic rings. The lowest BCUT2D eigenvalue weighted by Gasteiger charge is -2.28. The first-order valence-electron chi connectivity index (χ1n) is 11.2. The molecule has 0 fully saturated rings. The molecular weight excluding hydrogens is 428 g/mol. The summed E-state index contributed by atoms with van der Waals surface area (Å²) in [5, 5.41) is 0. The number of hydrogen-bond donors (Lipinski definition) is 0. The molecule has 0 saturated heterocycles. The molecule has 3 aromatic carbocycles. The minimum atomic E-state index is -0.705. The van der Waals surface area contributed by atoms with Crippen LogP contribution in [-0.4, -0.2) is 27.5 Å². The van der Waals surface area contributed by atoms with Crippen molar-refractivity contribution in [2.24, 2.45) is 0 Å². The van der Waals surface area contributed by atoms with Gasteiger partial charge in [0.05, 0.1) is 12.7 Å². The van der Waals surface area contributed by atoms with E-state index in [1.807, 2.05) is 78.9 Å². The average molecular weight is 455 g/mol. The zero-order valence-electron chi connectivity index (χ0n) is 18.7. The van der Waals surface area contributed by atoms with Gasteiger partial charge < -0.3 is 9.47 Å². The zero-order chi connectivity index (χ0) is 23.6. The number of carbonyl (C=O) groups is 2. The van der Waals surface area contributed by atoms with Gasteiger partial charge >= 0.3 is 6.09 Å². The van der Waals surface area contributed by atoms with E-state index in [1.54, 1.807) is 12.1 Å². The first-order chi connectivity index (χ1) is 16.7. The van der Waals surface area contributed by atoms with Crippen molar-refractivity contribution in [1.29, 1.82) is 0 Å². The highest BCUT2D eigenvalue weighted by Crippen LogP contribution is 2.29. The summed E-state index contributed by atoms with van der Waals surface area (Å²) in [6.07, 6.45) is 3.28. The molecule has 0 bridgehead atoms. The fourth-order valence-electron chi connectivity index (χ4n) is 3.68. The average Bonchev–Trinajstić information content (AvgIpc) is 3.44. The van der Waals surface area contributed by atoms with Crippen LogP contribution in [0.2, 0.25) is 0 Å². The van der Waals surface area contributed by atoms with E-state index in [0.29, 0.717) is 18.6 Å². The minimum absolute atomic E-state index is 0.0154. The second-order valence-electron chi connectivity index (χ2n) is 7.85. The number of imidazole rings is 1. The van der Waals surface area contributed by atoms with Gasteiger partial charge in [-0.05, 0) is 17.5 Å². The fourth-order valence-corrected chi connectivity index (χ4v) is 3.68. The van der Waals surface area contributed by atoms with Crippen LogP contribution in [0.3, 0.4) is 0 Å². The largest absolute Gasteiger partial charge is 0.438 e. The van der Waals surface area contributed by atoms with E-state index in [-0.39, 0.29) is 12.2 Å². The number of aromatic nitrogens is 2. The van der Waals surface area contributed by atoms with Crippen LogP contribution >= 0.6 is 0 Å². The molecule has 0 aliphatic rings. The van der Waals surface area contributed by atoms with Gasteiger partial charge in [-0.3, -0.25) is 4.79 Å². The summed E-state index contributed by atoms with van der Waals surface area (Å²) in [5.74, 6) is 0.0154. The normalized spacial score (nSPS) is 12.6. The molecule has 0 radical (unpaired) electrons. The van der Waals surface area contributed by atoms with Crippen LogP contribution in [0.1, 0.15) is 40.4 Å². The molecule has 0 saturated carbocycles. The summed E-state index contributed by atoms with van der Waals surface area (Å²) in [5.41, 5.74) is 2.44. The van der Waals surface area contributed by atoms with Crippen molar-refractivity contribution in [3.05, 3.63) is 126 Å². The fraction of sp³-hybridized carbons (Fsp3) is 0.179. The number of carbonyl (C=O) groups excluding carboxylic acids is 2. The van der Waals surface area contributed by atoms with Gasteiger partial charge in [-0.15, -0.1) is 0 Å². The second kappa shape index (κ2) is 11.7. The Morgan fingerprint density at radius 3 is 2.15 bits per heavy atom. The Labute approximate surface area is 198 Å². The van der Waals surface area contributed by atoms with Crippen molar-refractivity contribution in [2.75, 3.05) is 0 Å². The summed E-state index contributed by atoms with van der Waals surface area (Å²) in [7, 11) is 0. The highest BCUT2D eigenvalue weighted by molar-refractivity contribution is 5.95. The zero-order valence-corrected chi connectivity index (χ0v) is 18.7. The lowest BCUT2D eigenvalue weighted by atomic mass is 9.97. The topological polar surface area (TPSA) is 70.4 Å². The van der Waals surface area contributed by atoms with Gasteiger partial charge in [0, 0.05) is 24.4 Å². The highest BCUT2D eigenvalue weighted by Gasteiger charge is 2.29. The summed E-state index contributed by atoms with van der Waals surface area (Å²) >= 11 is 0. The first-order valence-corrected chi connectivity index (χ1v) is 11.2. The van der Waals surface area contributed by atoms with E-state index in [2.05, 4.69) is 4.98 Å². The Hall–Kier alpha value is -4.03. The summed E-state index contributed by atoms with van der Waals surface area (Å²) in [4.78, 5) is 29.5. The van der Waals surface area contributed by atoms with Crippen LogP contribution in [0, 0.1) is 0 Å². The van der Waals surface area contributed by atoms with Crippen LogP contribution in [0.15, 0.2) is 110 Å². The van der Waals surface area contributed by atoms with Gasteiger partial charge in [-0.25, -0.2) is 14.3 Å². The van der Waals surface area contributed by atoms with E-state index in [4.69, 9.17) is 9.47 Å².